The van der Waals surface area contributed by atoms with Gasteiger partial charge in [-0.2, -0.15) is 17.6 Å². The Morgan fingerprint density at radius 2 is 1.87 bits per heavy atom. The van der Waals surface area contributed by atoms with Gasteiger partial charge in [-0.3, -0.25) is 4.79 Å². The van der Waals surface area contributed by atoms with Gasteiger partial charge in [0, 0.05) is 22.7 Å². The van der Waals surface area contributed by atoms with E-state index < -0.39 is 24.9 Å². The first-order chi connectivity index (χ1) is 14.8. The molecule has 0 aliphatic rings. The predicted molar refractivity (Wildman–Crippen MR) is 109 cm³/mol. The van der Waals surface area contributed by atoms with Crippen LogP contribution in [0.4, 0.5) is 28.9 Å². The van der Waals surface area contributed by atoms with Crippen molar-refractivity contribution in [2.75, 3.05) is 17.2 Å². The van der Waals surface area contributed by atoms with Gasteiger partial charge in [0.05, 0.1) is 22.9 Å². The number of ether oxygens (including phenoxy) is 2. The molecule has 0 unspecified atom stereocenters. The molecule has 2 aromatic carbocycles. The third kappa shape index (κ3) is 6.57. The van der Waals surface area contributed by atoms with Crippen molar-refractivity contribution in [1.29, 1.82) is 0 Å². The number of carbonyl (C=O) groups is 1. The lowest BCUT2D eigenvalue weighted by Crippen LogP contribution is -2.22. The minimum atomic E-state index is -3.19. The molecular weight excluding hydrogens is 438 g/mol. The van der Waals surface area contributed by atoms with Crippen LogP contribution in [-0.4, -0.2) is 30.7 Å². The number of aromatic nitrogens is 1. The number of nitrogens with zero attached hydrogens (tertiary/aromatic N) is 1. The molecule has 6 nitrogen and oxygen atoms in total. The lowest BCUT2D eigenvalue weighted by molar-refractivity contribution is -0.114. The predicted octanol–water partition coefficient (Wildman–Crippen LogP) is 5.37. The van der Waals surface area contributed by atoms with Crippen LogP contribution in [0.1, 0.15) is 5.01 Å². The number of alkyl halides is 4. The van der Waals surface area contributed by atoms with Crippen molar-refractivity contribution in [3.05, 3.63) is 52.9 Å². The summed E-state index contributed by atoms with van der Waals surface area (Å²) in [4.78, 5) is 16.7. The fourth-order valence-electron chi connectivity index (χ4n) is 2.65. The molecule has 0 spiro atoms. The number of anilines is 2. The maximum Gasteiger partial charge on any atom is 0.387 e. The number of nitrogens with one attached hydrogen (secondary N) is 2. The highest BCUT2D eigenvalue weighted by Gasteiger charge is 2.14. The molecule has 0 atom stereocenters. The number of halogens is 4. The van der Waals surface area contributed by atoms with E-state index in [1.165, 1.54) is 17.4 Å². The third-order valence-corrected chi connectivity index (χ3v) is 4.67. The Hall–Kier alpha value is -3.34. The molecule has 164 valence electrons. The third-order valence-electron chi connectivity index (χ3n) is 3.89. The summed E-state index contributed by atoms with van der Waals surface area (Å²) in [6, 6.07) is 10.3. The number of hydrogen-bond donors (Lipinski definition) is 2. The van der Waals surface area contributed by atoms with Crippen LogP contribution in [0.15, 0.2) is 47.8 Å². The molecule has 0 fully saturated rings. The summed E-state index contributed by atoms with van der Waals surface area (Å²) >= 11 is 1.51. The molecule has 0 saturated carbocycles. The molecule has 0 bridgehead atoms. The van der Waals surface area contributed by atoms with Crippen molar-refractivity contribution in [3.63, 3.8) is 0 Å². The first kappa shape index (κ1) is 22.3. The largest absolute Gasteiger partial charge is 0.435 e. The van der Waals surface area contributed by atoms with Crippen molar-refractivity contribution < 1.29 is 31.8 Å². The second-order valence-electron chi connectivity index (χ2n) is 6.15. The smallest absolute Gasteiger partial charge is 0.387 e. The fraction of sp³-hybridized carbons (Fsp3) is 0.200. The molecule has 0 aliphatic carbocycles. The van der Waals surface area contributed by atoms with Crippen molar-refractivity contribution in [2.45, 2.75) is 20.1 Å². The van der Waals surface area contributed by atoms with Crippen LogP contribution in [0.5, 0.6) is 11.5 Å². The maximum atomic E-state index is 12.6. The number of thiazole rings is 1. The molecular formula is C20H17F4N3O3S. The zero-order chi connectivity index (χ0) is 22.4. The van der Waals surface area contributed by atoms with E-state index in [2.05, 4.69) is 25.1 Å². The summed E-state index contributed by atoms with van der Waals surface area (Å²) in [7, 11) is 0. The summed E-state index contributed by atoms with van der Waals surface area (Å²) in [5.74, 6) is -1.24. The highest BCUT2D eigenvalue weighted by Crippen LogP contribution is 2.31. The van der Waals surface area contributed by atoms with Gasteiger partial charge in [0.2, 0.25) is 5.91 Å². The lowest BCUT2D eigenvalue weighted by atomic mass is 10.1. The Balaban J connectivity index is 1.65. The Morgan fingerprint density at radius 3 is 2.55 bits per heavy atom. The number of hydrogen-bond acceptors (Lipinski definition) is 6. The molecule has 31 heavy (non-hydrogen) atoms. The minimum Gasteiger partial charge on any atom is -0.435 e. The molecule has 1 heterocycles. The van der Waals surface area contributed by atoms with Crippen molar-refractivity contribution >= 4 is 28.6 Å². The number of rotatable bonds is 9. The number of amides is 1. The first-order valence-electron chi connectivity index (χ1n) is 8.90. The van der Waals surface area contributed by atoms with E-state index >= 15 is 0 Å². The molecule has 0 saturated heterocycles. The quantitative estimate of drug-likeness (QED) is 0.425. The van der Waals surface area contributed by atoms with Gasteiger partial charge in [-0.25, -0.2) is 4.98 Å². The molecule has 3 rings (SSSR count). The van der Waals surface area contributed by atoms with E-state index in [1.54, 1.807) is 18.2 Å². The SMILES string of the molecule is Cc1nc(-c2cccc(NC(=O)CNc3ccc(OC(F)F)cc3OC(F)F)c2)cs1. The summed E-state index contributed by atoms with van der Waals surface area (Å²) in [5.41, 5.74) is 2.16. The Bertz CT molecular complexity index is 1050. The number of benzene rings is 2. The summed E-state index contributed by atoms with van der Waals surface area (Å²) in [5, 5.41) is 8.16. The van der Waals surface area contributed by atoms with E-state index in [1.807, 2.05) is 18.4 Å². The van der Waals surface area contributed by atoms with Gasteiger partial charge in [-0.05, 0) is 31.2 Å². The van der Waals surface area contributed by atoms with Crippen LogP contribution in [0.2, 0.25) is 0 Å². The standard InChI is InChI=1S/C20H17F4N3O3S/c1-11-26-16(10-31-11)12-3-2-4-13(7-12)27-18(28)9-25-15-6-5-14(29-19(21)22)8-17(15)30-20(23)24/h2-8,10,19-20,25H,9H2,1H3,(H,27,28). The van der Waals surface area contributed by atoms with Crippen molar-refractivity contribution in [3.8, 4) is 22.8 Å². The summed E-state index contributed by atoms with van der Waals surface area (Å²) in [6.07, 6.45) is 0. The molecule has 1 amide bonds. The zero-order valence-corrected chi connectivity index (χ0v) is 16.9. The van der Waals surface area contributed by atoms with Crippen molar-refractivity contribution in [2.24, 2.45) is 0 Å². The minimum absolute atomic E-state index is 0.0174. The zero-order valence-electron chi connectivity index (χ0n) is 16.1. The molecule has 3 aromatic rings. The van der Waals surface area contributed by atoms with E-state index in [-0.39, 0.29) is 18.0 Å². The van der Waals surface area contributed by atoms with Crippen LogP contribution in [0.3, 0.4) is 0 Å². The number of carbonyl (C=O) groups excluding carboxylic acids is 1. The van der Waals surface area contributed by atoms with Crippen LogP contribution in [0.25, 0.3) is 11.3 Å². The maximum absolute atomic E-state index is 12.6. The van der Waals surface area contributed by atoms with E-state index in [4.69, 9.17) is 0 Å². The second-order valence-corrected chi connectivity index (χ2v) is 7.21. The normalized spacial score (nSPS) is 10.9. The van der Waals surface area contributed by atoms with Gasteiger partial charge < -0.3 is 20.1 Å². The van der Waals surface area contributed by atoms with Crippen LogP contribution in [-0.2, 0) is 4.79 Å². The average molecular weight is 455 g/mol. The molecule has 1 aromatic heterocycles. The van der Waals surface area contributed by atoms with Crippen LogP contribution in [0, 0.1) is 6.92 Å². The van der Waals surface area contributed by atoms with Gasteiger partial charge >= 0.3 is 13.2 Å². The Morgan fingerprint density at radius 1 is 1.10 bits per heavy atom. The van der Waals surface area contributed by atoms with Crippen molar-refractivity contribution in [1.82, 2.24) is 4.98 Å². The van der Waals surface area contributed by atoms with Gasteiger partial charge in [-0.15, -0.1) is 11.3 Å². The highest BCUT2D eigenvalue weighted by molar-refractivity contribution is 7.09. The average Bonchev–Trinajstić information content (AvgIpc) is 3.13. The topological polar surface area (TPSA) is 72.5 Å². The van der Waals surface area contributed by atoms with Crippen LogP contribution < -0.4 is 20.1 Å². The molecule has 0 radical (unpaired) electrons. The number of aryl methyl sites for hydroxylation is 1. The monoisotopic (exact) mass is 455 g/mol. The van der Waals surface area contributed by atoms with Gasteiger partial charge in [0.15, 0.2) is 5.75 Å². The highest BCUT2D eigenvalue weighted by atomic mass is 32.1. The lowest BCUT2D eigenvalue weighted by Gasteiger charge is -2.14. The Labute approximate surface area is 178 Å². The fourth-order valence-corrected chi connectivity index (χ4v) is 3.27. The van der Waals surface area contributed by atoms with Gasteiger partial charge in [-0.1, -0.05) is 12.1 Å². The van der Waals surface area contributed by atoms with Gasteiger partial charge in [0.1, 0.15) is 5.75 Å². The van der Waals surface area contributed by atoms with E-state index in [0.717, 1.165) is 28.4 Å². The summed E-state index contributed by atoms with van der Waals surface area (Å²) in [6.45, 7) is -4.69. The first-order valence-corrected chi connectivity index (χ1v) is 9.78. The molecule has 2 N–H and O–H groups in total. The van der Waals surface area contributed by atoms with E-state index in [9.17, 15) is 22.4 Å². The second kappa shape index (κ2) is 10.1. The molecule has 0 aliphatic heterocycles. The van der Waals surface area contributed by atoms with Crippen LogP contribution >= 0.6 is 11.3 Å². The summed E-state index contributed by atoms with van der Waals surface area (Å²) < 4.78 is 58.4. The Kier molecular flexibility index (Phi) is 7.29. The van der Waals surface area contributed by atoms with E-state index in [0.29, 0.717) is 5.69 Å². The molecule has 11 heteroatoms. The van der Waals surface area contributed by atoms with Gasteiger partial charge in [0.25, 0.3) is 0 Å².